The van der Waals surface area contributed by atoms with E-state index in [1.165, 1.54) is 10.2 Å². The van der Waals surface area contributed by atoms with Crippen molar-refractivity contribution >= 4 is 11.8 Å². The van der Waals surface area contributed by atoms with Gasteiger partial charge in [0.15, 0.2) is 5.76 Å². The molecule has 1 aromatic carbocycles. The van der Waals surface area contributed by atoms with E-state index < -0.39 is 0 Å². The zero-order valence-corrected chi connectivity index (χ0v) is 11.7. The van der Waals surface area contributed by atoms with Gasteiger partial charge in [-0.05, 0) is 24.6 Å². The second kappa shape index (κ2) is 5.42. The molecule has 2 aromatic heterocycles. The summed E-state index contributed by atoms with van der Waals surface area (Å²) in [6.45, 7) is 2.11. The maximum Gasteiger partial charge on any atom is 0.218 e. The molecule has 2 N–H and O–H groups in total. The summed E-state index contributed by atoms with van der Waals surface area (Å²) in [6, 6.07) is 13.8. The van der Waals surface area contributed by atoms with Crippen molar-refractivity contribution < 1.29 is 4.42 Å². The summed E-state index contributed by atoms with van der Waals surface area (Å²) in [4.78, 5) is 0. The van der Waals surface area contributed by atoms with Crippen LogP contribution in [0.3, 0.4) is 0 Å². The first-order valence-corrected chi connectivity index (χ1v) is 7.09. The van der Waals surface area contributed by atoms with E-state index in [0.717, 1.165) is 0 Å². The third kappa shape index (κ3) is 2.42. The standard InChI is InChI=1S/C14H14N4OS/c1-10(11-6-3-2-4-7-11)20-14-17-16-13(18(14)15)12-8-5-9-19-12/h2-10H,15H2,1H3/t10-/m0/s1. The molecule has 5 nitrogen and oxygen atoms in total. The minimum Gasteiger partial charge on any atom is -0.461 e. The van der Waals surface area contributed by atoms with Gasteiger partial charge in [-0.15, -0.1) is 10.2 Å². The van der Waals surface area contributed by atoms with Gasteiger partial charge < -0.3 is 10.3 Å². The summed E-state index contributed by atoms with van der Waals surface area (Å²) in [5.74, 6) is 7.17. The van der Waals surface area contributed by atoms with Crippen molar-refractivity contribution in [1.29, 1.82) is 0 Å². The van der Waals surface area contributed by atoms with Gasteiger partial charge in [0.2, 0.25) is 11.0 Å². The number of thioether (sulfide) groups is 1. The Morgan fingerprint density at radius 3 is 2.65 bits per heavy atom. The fraction of sp³-hybridized carbons (Fsp3) is 0.143. The van der Waals surface area contributed by atoms with Gasteiger partial charge in [-0.1, -0.05) is 42.1 Å². The van der Waals surface area contributed by atoms with E-state index in [4.69, 9.17) is 10.3 Å². The first kappa shape index (κ1) is 12.8. The monoisotopic (exact) mass is 286 g/mol. The third-order valence-electron chi connectivity index (χ3n) is 2.96. The molecule has 0 amide bonds. The largest absolute Gasteiger partial charge is 0.461 e. The molecule has 0 spiro atoms. The first-order chi connectivity index (χ1) is 9.75. The molecule has 20 heavy (non-hydrogen) atoms. The highest BCUT2D eigenvalue weighted by atomic mass is 32.2. The van der Waals surface area contributed by atoms with E-state index in [-0.39, 0.29) is 5.25 Å². The van der Waals surface area contributed by atoms with Crippen molar-refractivity contribution in [2.75, 3.05) is 5.84 Å². The van der Waals surface area contributed by atoms with E-state index >= 15 is 0 Å². The summed E-state index contributed by atoms with van der Waals surface area (Å²) in [7, 11) is 0. The lowest BCUT2D eigenvalue weighted by Gasteiger charge is -2.10. The summed E-state index contributed by atoms with van der Waals surface area (Å²) in [5.41, 5.74) is 1.22. The normalized spacial score (nSPS) is 12.4. The Hall–Kier alpha value is -2.21. The molecule has 0 bridgehead atoms. The lowest BCUT2D eigenvalue weighted by atomic mass is 10.2. The van der Waals surface area contributed by atoms with Gasteiger partial charge in [-0.3, -0.25) is 0 Å². The molecular weight excluding hydrogens is 272 g/mol. The van der Waals surface area contributed by atoms with Crippen molar-refractivity contribution in [2.45, 2.75) is 17.3 Å². The Morgan fingerprint density at radius 1 is 1.15 bits per heavy atom. The summed E-state index contributed by atoms with van der Waals surface area (Å²) >= 11 is 1.56. The van der Waals surface area contributed by atoms with Gasteiger partial charge in [-0.2, -0.15) is 0 Å². The molecule has 1 atom stereocenters. The number of aromatic nitrogens is 3. The van der Waals surface area contributed by atoms with Crippen LogP contribution in [-0.4, -0.2) is 14.9 Å². The second-order valence-electron chi connectivity index (χ2n) is 4.32. The van der Waals surface area contributed by atoms with Crippen LogP contribution in [0.15, 0.2) is 58.3 Å². The van der Waals surface area contributed by atoms with Crippen LogP contribution in [-0.2, 0) is 0 Å². The van der Waals surface area contributed by atoms with Crippen LogP contribution in [0, 0.1) is 0 Å². The minimum atomic E-state index is 0.243. The van der Waals surface area contributed by atoms with Crippen LogP contribution < -0.4 is 5.84 Å². The lowest BCUT2D eigenvalue weighted by Crippen LogP contribution is -2.11. The average Bonchev–Trinajstić information content (AvgIpc) is 3.11. The summed E-state index contributed by atoms with van der Waals surface area (Å²) in [6.07, 6.45) is 1.59. The fourth-order valence-electron chi connectivity index (χ4n) is 1.88. The Morgan fingerprint density at radius 2 is 1.95 bits per heavy atom. The van der Waals surface area contributed by atoms with Crippen molar-refractivity contribution in [3.05, 3.63) is 54.3 Å². The highest BCUT2D eigenvalue weighted by Gasteiger charge is 2.17. The minimum absolute atomic E-state index is 0.243. The lowest BCUT2D eigenvalue weighted by molar-refractivity contribution is 0.574. The van der Waals surface area contributed by atoms with Crippen molar-refractivity contribution in [3.63, 3.8) is 0 Å². The van der Waals surface area contributed by atoms with Gasteiger partial charge in [0.1, 0.15) is 0 Å². The van der Waals surface area contributed by atoms with E-state index in [2.05, 4.69) is 29.3 Å². The molecular formula is C14H14N4OS. The number of hydrogen-bond donors (Lipinski definition) is 1. The molecule has 6 heteroatoms. The van der Waals surface area contributed by atoms with Crippen LogP contribution in [0.2, 0.25) is 0 Å². The molecule has 0 aliphatic rings. The molecule has 3 aromatic rings. The molecule has 0 fully saturated rings. The highest BCUT2D eigenvalue weighted by molar-refractivity contribution is 7.99. The summed E-state index contributed by atoms with van der Waals surface area (Å²) < 4.78 is 6.75. The number of nitrogens with two attached hydrogens (primary N) is 1. The Labute approximate surface area is 120 Å². The number of furan rings is 1. The van der Waals surface area contributed by atoms with Crippen LogP contribution in [0.4, 0.5) is 0 Å². The highest BCUT2D eigenvalue weighted by Crippen LogP contribution is 2.34. The van der Waals surface area contributed by atoms with Gasteiger partial charge >= 0.3 is 0 Å². The molecule has 3 rings (SSSR count). The van der Waals surface area contributed by atoms with E-state index in [1.807, 2.05) is 24.3 Å². The van der Waals surface area contributed by atoms with Gasteiger partial charge in [0.05, 0.1) is 6.26 Å². The molecule has 0 unspecified atom stereocenters. The predicted molar refractivity (Wildman–Crippen MR) is 78.6 cm³/mol. The van der Waals surface area contributed by atoms with Crippen LogP contribution in [0.5, 0.6) is 0 Å². The second-order valence-corrected chi connectivity index (χ2v) is 5.63. The topological polar surface area (TPSA) is 69.9 Å². The van der Waals surface area contributed by atoms with E-state index in [1.54, 1.807) is 24.1 Å². The number of nitrogen functional groups attached to an aromatic ring is 1. The smallest absolute Gasteiger partial charge is 0.218 e. The number of hydrogen-bond acceptors (Lipinski definition) is 5. The SMILES string of the molecule is C[C@H](Sc1nnc(-c2ccco2)n1N)c1ccccc1. The van der Waals surface area contributed by atoms with Crippen molar-refractivity contribution in [1.82, 2.24) is 14.9 Å². The molecule has 0 radical (unpaired) electrons. The van der Waals surface area contributed by atoms with Gasteiger partial charge in [-0.25, -0.2) is 4.68 Å². The molecule has 0 saturated carbocycles. The number of nitrogens with zero attached hydrogens (tertiary/aromatic N) is 3. The van der Waals surface area contributed by atoms with Crippen LogP contribution in [0.25, 0.3) is 11.6 Å². The van der Waals surface area contributed by atoms with Crippen LogP contribution >= 0.6 is 11.8 Å². The molecule has 0 aliphatic heterocycles. The van der Waals surface area contributed by atoms with Crippen LogP contribution in [0.1, 0.15) is 17.7 Å². The first-order valence-electron chi connectivity index (χ1n) is 6.21. The van der Waals surface area contributed by atoms with Gasteiger partial charge in [0, 0.05) is 5.25 Å². The average molecular weight is 286 g/mol. The third-order valence-corrected chi connectivity index (χ3v) is 4.07. The number of benzene rings is 1. The summed E-state index contributed by atoms with van der Waals surface area (Å²) in [5, 5.41) is 9.11. The molecule has 0 saturated heterocycles. The quantitative estimate of drug-likeness (QED) is 0.589. The van der Waals surface area contributed by atoms with Gasteiger partial charge in [0.25, 0.3) is 0 Å². The number of rotatable bonds is 4. The molecule has 0 aliphatic carbocycles. The van der Waals surface area contributed by atoms with E-state index in [0.29, 0.717) is 16.7 Å². The van der Waals surface area contributed by atoms with E-state index in [9.17, 15) is 0 Å². The Bertz CT molecular complexity index is 679. The maximum atomic E-state index is 6.03. The predicted octanol–water partition coefficient (Wildman–Crippen LogP) is 3.11. The zero-order chi connectivity index (χ0) is 13.9. The van der Waals surface area contributed by atoms with Crippen molar-refractivity contribution in [2.24, 2.45) is 0 Å². The molecule has 2 heterocycles. The molecule has 102 valence electrons. The fourth-order valence-corrected chi connectivity index (χ4v) is 2.78. The maximum absolute atomic E-state index is 6.03. The Kier molecular flexibility index (Phi) is 3.47. The zero-order valence-electron chi connectivity index (χ0n) is 10.9. The van der Waals surface area contributed by atoms with Crippen molar-refractivity contribution in [3.8, 4) is 11.6 Å². The Balaban J connectivity index is 1.82.